The van der Waals surface area contributed by atoms with E-state index >= 15 is 0 Å². The molecule has 1 heterocycles. The Bertz CT molecular complexity index is 491. The highest BCUT2D eigenvalue weighted by Crippen LogP contribution is 2.26. The van der Waals surface area contributed by atoms with E-state index in [2.05, 4.69) is 39.0 Å². The van der Waals surface area contributed by atoms with E-state index in [0.29, 0.717) is 5.92 Å². The van der Waals surface area contributed by atoms with Crippen molar-refractivity contribution in [1.29, 1.82) is 0 Å². The lowest BCUT2D eigenvalue weighted by molar-refractivity contribution is 0.218. The zero-order valence-corrected chi connectivity index (χ0v) is 13.6. The lowest BCUT2D eigenvalue weighted by atomic mass is 9.93. The van der Waals surface area contributed by atoms with Crippen molar-refractivity contribution in [3.8, 4) is 5.75 Å². The highest BCUT2D eigenvalue weighted by Gasteiger charge is 2.25. The van der Waals surface area contributed by atoms with Crippen molar-refractivity contribution in [1.82, 2.24) is 4.90 Å². The van der Waals surface area contributed by atoms with E-state index in [4.69, 9.17) is 9.94 Å². The molecule has 5 heteroatoms. The molecule has 1 N–H and O–H groups in total. The Morgan fingerprint density at radius 1 is 1.50 bits per heavy atom. The first-order valence-electron chi connectivity index (χ1n) is 6.93. The predicted molar refractivity (Wildman–Crippen MR) is 83.6 cm³/mol. The summed E-state index contributed by atoms with van der Waals surface area (Å²) in [6.07, 6.45) is 1.84. The van der Waals surface area contributed by atoms with Gasteiger partial charge in [0.15, 0.2) is 0 Å². The van der Waals surface area contributed by atoms with Gasteiger partial charge in [0.05, 0.1) is 12.8 Å². The number of hydrogen-bond acceptors (Lipinski definition) is 4. The van der Waals surface area contributed by atoms with Crippen molar-refractivity contribution in [3.05, 3.63) is 28.2 Å². The summed E-state index contributed by atoms with van der Waals surface area (Å²) >= 11 is 3.51. The zero-order valence-electron chi connectivity index (χ0n) is 12.0. The Hall–Kier alpha value is -1.07. The van der Waals surface area contributed by atoms with Gasteiger partial charge in [0, 0.05) is 42.0 Å². The minimum absolute atomic E-state index is 0.354. The Labute approximate surface area is 128 Å². The van der Waals surface area contributed by atoms with Gasteiger partial charge in [0.2, 0.25) is 0 Å². The van der Waals surface area contributed by atoms with Crippen LogP contribution in [0.2, 0.25) is 0 Å². The number of piperidine rings is 1. The maximum absolute atomic E-state index is 9.03. The van der Waals surface area contributed by atoms with Crippen LogP contribution in [-0.2, 0) is 6.54 Å². The van der Waals surface area contributed by atoms with Crippen LogP contribution in [0.15, 0.2) is 27.8 Å². The fourth-order valence-corrected chi connectivity index (χ4v) is 3.15. The van der Waals surface area contributed by atoms with Crippen molar-refractivity contribution in [3.63, 3.8) is 0 Å². The SMILES string of the molecule is CCC1CN(Cc2cc(Br)ccc2OC)CC/C1=N\O. The lowest BCUT2D eigenvalue weighted by Gasteiger charge is -2.33. The summed E-state index contributed by atoms with van der Waals surface area (Å²) in [5.74, 6) is 1.27. The van der Waals surface area contributed by atoms with Gasteiger partial charge in [-0.15, -0.1) is 0 Å². The third kappa shape index (κ3) is 3.52. The molecule has 1 aliphatic heterocycles. The maximum Gasteiger partial charge on any atom is 0.123 e. The number of hydrogen-bond donors (Lipinski definition) is 1. The van der Waals surface area contributed by atoms with Gasteiger partial charge in [-0.3, -0.25) is 4.90 Å². The number of benzene rings is 1. The number of ether oxygens (including phenoxy) is 1. The molecule has 0 spiro atoms. The first kappa shape index (κ1) is 15.3. The Balaban J connectivity index is 2.09. The van der Waals surface area contributed by atoms with Gasteiger partial charge in [0.25, 0.3) is 0 Å². The van der Waals surface area contributed by atoms with Crippen LogP contribution in [0.1, 0.15) is 25.3 Å². The van der Waals surface area contributed by atoms with E-state index in [9.17, 15) is 0 Å². The second-order valence-electron chi connectivity index (χ2n) is 5.14. The van der Waals surface area contributed by atoms with Gasteiger partial charge in [-0.25, -0.2) is 0 Å². The van der Waals surface area contributed by atoms with Gasteiger partial charge in [0.1, 0.15) is 5.75 Å². The molecule has 1 atom stereocenters. The number of halogens is 1. The number of oxime groups is 1. The lowest BCUT2D eigenvalue weighted by Crippen LogP contribution is -2.40. The maximum atomic E-state index is 9.03. The van der Waals surface area contributed by atoms with Crippen LogP contribution < -0.4 is 4.74 Å². The number of nitrogens with zero attached hydrogens (tertiary/aromatic N) is 2. The fourth-order valence-electron chi connectivity index (χ4n) is 2.74. The molecule has 20 heavy (non-hydrogen) atoms. The van der Waals surface area contributed by atoms with E-state index in [-0.39, 0.29) is 0 Å². The van der Waals surface area contributed by atoms with E-state index in [1.807, 2.05) is 12.1 Å². The van der Waals surface area contributed by atoms with Crippen LogP contribution >= 0.6 is 15.9 Å². The summed E-state index contributed by atoms with van der Waals surface area (Å²) < 4.78 is 6.49. The molecule has 0 saturated carbocycles. The van der Waals surface area contributed by atoms with Crippen molar-refractivity contribution in [2.45, 2.75) is 26.3 Å². The van der Waals surface area contributed by atoms with Crippen molar-refractivity contribution in [2.24, 2.45) is 11.1 Å². The van der Waals surface area contributed by atoms with E-state index in [1.54, 1.807) is 7.11 Å². The average Bonchev–Trinajstić information content (AvgIpc) is 2.47. The van der Waals surface area contributed by atoms with Crippen LogP contribution in [0.3, 0.4) is 0 Å². The third-order valence-electron chi connectivity index (χ3n) is 3.89. The highest BCUT2D eigenvalue weighted by molar-refractivity contribution is 9.10. The van der Waals surface area contributed by atoms with Gasteiger partial charge in [-0.1, -0.05) is 28.0 Å². The molecule has 1 aromatic carbocycles. The Kier molecular flexibility index (Phi) is 5.43. The molecule has 0 radical (unpaired) electrons. The first-order chi connectivity index (χ1) is 9.67. The quantitative estimate of drug-likeness (QED) is 0.673. The van der Waals surface area contributed by atoms with Crippen LogP contribution in [-0.4, -0.2) is 36.0 Å². The zero-order chi connectivity index (χ0) is 14.5. The fraction of sp³-hybridized carbons (Fsp3) is 0.533. The molecular weight excluding hydrogens is 320 g/mol. The van der Waals surface area contributed by atoms with Crippen LogP contribution in [0.4, 0.5) is 0 Å². The van der Waals surface area contributed by atoms with Gasteiger partial charge in [-0.05, 0) is 24.6 Å². The molecule has 0 amide bonds. The molecule has 1 aliphatic rings. The molecule has 1 saturated heterocycles. The summed E-state index contributed by atoms with van der Waals surface area (Å²) in [7, 11) is 1.70. The predicted octanol–water partition coefficient (Wildman–Crippen LogP) is 3.52. The van der Waals surface area contributed by atoms with Gasteiger partial charge >= 0.3 is 0 Å². The Morgan fingerprint density at radius 2 is 2.30 bits per heavy atom. The number of rotatable bonds is 4. The van der Waals surface area contributed by atoms with Gasteiger partial charge < -0.3 is 9.94 Å². The molecule has 110 valence electrons. The number of methoxy groups -OCH3 is 1. The average molecular weight is 341 g/mol. The summed E-state index contributed by atoms with van der Waals surface area (Å²) in [5, 5.41) is 12.5. The summed E-state index contributed by atoms with van der Waals surface area (Å²) in [6, 6.07) is 6.08. The van der Waals surface area contributed by atoms with E-state index in [0.717, 1.165) is 48.4 Å². The molecule has 1 aromatic rings. The molecule has 4 nitrogen and oxygen atoms in total. The van der Waals surface area contributed by atoms with Crippen molar-refractivity contribution < 1.29 is 9.94 Å². The first-order valence-corrected chi connectivity index (χ1v) is 7.72. The largest absolute Gasteiger partial charge is 0.496 e. The molecule has 2 rings (SSSR count). The van der Waals surface area contributed by atoms with Crippen LogP contribution in [0.5, 0.6) is 5.75 Å². The minimum atomic E-state index is 0.354. The molecule has 0 bridgehead atoms. The van der Waals surface area contributed by atoms with Crippen LogP contribution in [0, 0.1) is 5.92 Å². The number of likely N-dealkylation sites (tertiary alicyclic amines) is 1. The van der Waals surface area contributed by atoms with Crippen molar-refractivity contribution >= 4 is 21.6 Å². The molecular formula is C15H21BrN2O2. The molecule has 1 unspecified atom stereocenters. The molecule has 0 aliphatic carbocycles. The molecule has 0 aromatic heterocycles. The second-order valence-corrected chi connectivity index (χ2v) is 6.05. The Morgan fingerprint density at radius 3 is 2.95 bits per heavy atom. The summed E-state index contributed by atoms with van der Waals surface area (Å²) in [6.45, 7) is 4.86. The highest BCUT2D eigenvalue weighted by atomic mass is 79.9. The standard InChI is InChI=1S/C15H21BrN2O2/c1-3-11-9-18(7-6-14(11)17-19)10-12-8-13(16)4-5-15(12)20-2/h4-5,8,11,19H,3,6-7,9-10H2,1-2H3/b17-14+. The second kappa shape index (κ2) is 7.09. The van der Waals surface area contributed by atoms with Crippen molar-refractivity contribution in [2.75, 3.05) is 20.2 Å². The topological polar surface area (TPSA) is 45.1 Å². The molecule has 1 fully saturated rings. The minimum Gasteiger partial charge on any atom is -0.496 e. The third-order valence-corrected chi connectivity index (χ3v) is 4.38. The van der Waals surface area contributed by atoms with E-state index < -0.39 is 0 Å². The van der Waals surface area contributed by atoms with Crippen LogP contribution in [0.25, 0.3) is 0 Å². The summed E-state index contributed by atoms with van der Waals surface area (Å²) in [5.41, 5.74) is 2.12. The summed E-state index contributed by atoms with van der Waals surface area (Å²) in [4.78, 5) is 2.40. The monoisotopic (exact) mass is 340 g/mol. The van der Waals surface area contributed by atoms with E-state index in [1.165, 1.54) is 5.56 Å². The smallest absolute Gasteiger partial charge is 0.123 e. The van der Waals surface area contributed by atoms with Gasteiger partial charge in [-0.2, -0.15) is 0 Å². The normalized spacial score (nSPS) is 22.1.